The summed E-state index contributed by atoms with van der Waals surface area (Å²) in [6.45, 7) is 0. The minimum absolute atomic E-state index is 0.576. The first-order valence-electron chi connectivity index (χ1n) is 18.7. The molecule has 262 valence electrons. The molecule has 3 aromatic heterocycles. The first-order valence-corrected chi connectivity index (χ1v) is 18.7. The predicted octanol–water partition coefficient (Wildman–Crippen LogP) is 13.7. The van der Waals surface area contributed by atoms with Gasteiger partial charge in [0.2, 0.25) is 0 Å². The number of para-hydroxylation sites is 1. The highest BCUT2D eigenvalue weighted by Gasteiger charge is 2.18. The molecule has 0 spiro atoms. The van der Waals surface area contributed by atoms with Crippen LogP contribution < -0.4 is 0 Å². The third kappa shape index (κ3) is 5.45. The van der Waals surface area contributed by atoms with E-state index in [0.717, 1.165) is 93.9 Å². The molecule has 8 aromatic carbocycles. The smallest absolute Gasteiger partial charge is 0.164 e. The van der Waals surface area contributed by atoms with E-state index in [1.54, 1.807) is 0 Å². The van der Waals surface area contributed by atoms with Gasteiger partial charge in [-0.15, -0.1) is 0 Å². The second-order valence-corrected chi connectivity index (χ2v) is 14.0. The highest BCUT2D eigenvalue weighted by Crippen LogP contribution is 2.40. The van der Waals surface area contributed by atoms with Crippen molar-refractivity contribution in [2.45, 2.75) is 0 Å². The standard InChI is InChI=1S/C51H31N3O2/c1-3-13-32(14-4-1)39-22-11-26-45-47(39)42-28-27-38(31-46(42)56-45)51-53-49(33-15-5-2-6-16-33)52-50(54-51)37-20-10-18-35(30-37)34-17-9-19-36(29-34)40-23-12-25-44-48(40)41-21-7-8-24-43(41)55-44/h1-31H. The highest BCUT2D eigenvalue weighted by atomic mass is 16.3. The van der Waals surface area contributed by atoms with Crippen molar-refractivity contribution < 1.29 is 8.83 Å². The molecule has 0 aliphatic carbocycles. The number of rotatable bonds is 6. The van der Waals surface area contributed by atoms with E-state index in [-0.39, 0.29) is 0 Å². The largest absolute Gasteiger partial charge is 0.456 e. The zero-order chi connectivity index (χ0) is 37.0. The van der Waals surface area contributed by atoms with E-state index in [1.165, 1.54) is 0 Å². The van der Waals surface area contributed by atoms with Crippen LogP contribution in [-0.4, -0.2) is 15.0 Å². The lowest BCUT2D eigenvalue weighted by Crippen LogP contribution is -2.00. The maximum absolute atomic E-state index is 6.48. The fourth-order valence-electron chi connectivity index (χ4n) is 7.89. The summed E-state index contributed by atoms with van der Waals surface area (Å²) in [6, 6.07) is 64.6. The molecule has 0 aliphatic heterocycles. The summed E-state index contributed by atoms with van der Waals surface area (Å²) in [5, 5.41) is 4.38. The lowest BCUT2D eigenvalue weighted by atomic mass is 9.95. The van der Waals surface area contributed by atoms with Crippen molar-refractivity contribution in [3.05, 3.63) is 188 Å². The van der Waals surface area contributed by atoms with Crippen LogP contribution in [0.25, 0.3) is 111 Å². The van der Waals surface area contributed by atoms with Crippen molar-refractivity contribution in [2.75, 3.05) is 0 Å². The first kappa shape index (κ1) is 31.9. The second-order valence-electron chi connectivity index (χ2n) is 14.0. The Morgan fingerprint density at radius 1 is 0.268 bits per heavy atom. The lowest BCUT2D eigenvalue weighted by molar-refractivity contribution is 0.668. The molecule has 0 saturated heterocycles. The van der Waals surface area contributed by atoms with Gasteiger partial charge in [-0.3, -0.25) is 0 Å². The van der Waals surface area contributed by atoms with E-state index in [9.17, 15) is 0 Å². The van der Waals surface area contributed by atoms with Gasteiger partial charge in [0.25, 0.3) is 0 Å². The molecule has 0 atom stereocenters. The Bertz CT molecular complexity index is 3250. The van der Waals surface area contributed by atoms with E-state index < -0.39 is 0 Å². The van der Waals surface area contributed by atoms with Crippen LogP contribution in [0.4, 0.5) is 0 Å². The summed E-state index contributed by atoms with van der Waals surface area (Å²) in [5.74, 6) is 1.78. The monoisotopic (exact) mass is 717 g/mol. The SMILES string of the molecule is c1ccc(-c2nc(-c3cccc(-c4cccc(-c5cccc6oc7ccccc7c56)c4)c3)nc(-c3ccc4c(c3)oc3cccc(-c5ccccc5)c34)n2)cc1. The topological polar surface area (TPSA) is 65.0 Å². The maximum Gasteiger partial charge on any atom is 0.164 e. The Labute approximate surface area is 322 Å². The van der Waals surface area contributed by atoms with Crippen molar-refractivity contribution in [1.29, 1.82) is 0 Å². The quantitative estimate of drug-likeness (QED) is 0.171. The second kappa shape index (κ2) is 13.0. The molecule has 11 rings (SSSR count). The molecule has 56 heavy (non-hydrogen) atoms. The van der Waals surface area contributed by atoms with Gasteiger partial charge in [-0.25, -0.2) is 15.0 Å². The molecule has 0 unspecified atom stereocenters. The molecule has 0 fully saturated rings. The van der Waals surface area contributed by atoms with Crippen LogP contribution in [0.3, 0.4) is 0 Å². The Balaban J connectivity index is 1.02. The van der Waals surface area contributed by atoms with Crippen LogP contribution in [0, 0.1) is 0 Å². The average molecular weight is 718 g/mol. The van der Waals surface area contributed by atoms with Gasteiger partial charge in [0.05, 0.1) is 0 Å². The van der Waals surface area contributed by atoms with Crippen molar-refractivity contribution in [1.82, 2.24) is 15.0 Å². The van der Waals surface area contributed by atoms with Gasteiger partial charge in [-0.05, 0) is 75.8 Å². The van der Waals surface area contributed by atoms with Gasteiger partial charge in [0, 0.05) is 38.2 Å². The summed E-state index contributed by atoms with van der Waals surface area (Å²) in [7, 11) is 0. The van der Waals surface area contributed by atoms with Gasteiger partial charge in [-0.2, -0.15) is 0 Å². The lowest BCUT2D eigenvalue weighted by Gasteiger charge is -2.11. The molecule has 0 amide bonds. The van der Waals surface area contributed by atoms with E-state index in [4.69, 9.17) is 23.8 Å². The van der Waals surface area contributed by atoms with Crippen LogP contribution >= 0.6 is 0 Å². The van der Waals surface area contributed by atoms with Crippen LogP contribution in [0.2, 0.25) is 0 Å². The Hall–Kier alpha value is -7.63. The molecular formula is C51H31N3O2. The third-order valence-corrected chi connectivity index (χ3v) is 10.5. The number of furan rings is 2. The van der Waals surface area contributed by atoms with Crippen molar-refractivity contribution in [2.24, 2.45) is 0 Å². The van der Waals surface area contributed by atoms with Crippen molar-refractivity contribution >= 4 is 43.9 Å². The van der Waals surface area contributed by atoms with Crippen LogP contribution in [0.1, 0.15) is 0 Å². The van der Waals surface area contributed by atoms with Crippen LogP contribution in [0.15, 0.2) is 197 Å². The van der Waals surface area contributed by atoms with Gasteiger partial charge < -0.3 is 8.83 Å². The number of nitrogens with zero attached hydrogens (tertiary/aromatic N) is 3. The normalized spacial score (nSPS) is 11.6. The molecule has 0 aliphatic rings. The van der Waals surface area contributed by atoms with Crippen molar-refractivity contribution in [3.8, 4) is 67.5 Å². The summed E-state index contributed by atoms with van der Waals surface area (Å²) in [4.78, 5) is 15.2. The van der Waals surface area contributed by atoms with Gasteiger partial charge in [-0.1, -0.05) is 146 Å². The molecule has 5 nitrogen and oxygen atoms in total. The fourth-order valence-corrected chi connectivity index (χ4v) is 7.89. The summed E-state index contributed by atoms with van der Waals surface area (Å²) < 4.78 is 12.7. The van der Waals surface area contributed by atoms with Crippen molar-refractivity contribution in [3.63, 3.8) is 0 Å². The van der Waals surface area contributed by atoms with E-state index in [2.05, 4.69) is 115 Å². The molecule has 3 heterocycles. The Kier molecular flexibility index (Phi) is 7.42. The summed E-state index contributed by atoms with van der Waals surface area (Å²) >= 11 is 0. The van der Waals surface area contributed by atoms with Gasteiger partial charge in [0.15, 0.2) is 17.5 Å². The zero-order valence-corrected chi connectivity index (χ0v) is 30.1. The predicted molar refractivity (Wildman–Crippen MR) is 227 cm³/mol. The molecule has 0 bridgehead atoms. The molecule has 0 saturated carbocycles. The van der Waals surface area contributed by atoms with E-state index in [1.807, 2.05) is 72.8 Å². The number of aromatic nitrogens is 3. The van der Waals surface area contributed by atoms with Crippen LogP contribution in [0.5, 0.6) is 0 Å². The Morgan fingerprint density at radius 3 is 1.41 bits per heavy atom. The molecule has 11 aromatic rings. The minimum atomic E-state index is 0.576. The maximum atomic E-state index is 6.48. The molecule has 0 N–H and O–H groups in total. The van der Waals surface area contributed by atoms with Gasteiger partial charge >= 0.3 is 0 Å². The number of hydrogen-bond acceptors (Lipinski definition) is 5. The highest BCUT2D eigenvalue weighted by molar-refractivity contribution is 6.13. The zero-order valence-electron chi connectivity index (χ0n) is 30.1. The van der Waals surface area contributed by atoms with E-state index >= 15 is 0 Å². The first-order chi connectivity index (χ1) is 27.7. The van der Waals surface area contributed by atoms with Crippen LogP contribution in [-0.2, 0) is 0 Å². The van der Waals surface area contributed by atoms with Gasteiger partial charge in [0.1, 0.15) is 22.3 Å². The molecule has 5 heteroatoms. The number of benzene rings is 8. The summed E-state index contributed by atoms with van der Waals surface area (Å²) in [5.41, 5.74) is 12.8. The molecule has 0 radical (unpaired) electrons. The Morgan fingerprint density at radius 2 is 0.714 bits per heavy atom. The minimum Gasteiger partial charge on any atom is -0.456 e. The number of hydrogen-bond donors (Lipinski definition) is 0. The summed E-state index contributed by atoms with van der Waals surface area (Å²) in [6.07, 6.45) is 0. The number of fused-ring (bicyclic) bond motifs is 6. The fraction of sp³-hybridized carbons (Fsp3) is 0. The van der Waals surface area contributed by atoms with E-state index in [0.29, 0.717) is 17.5 Å². The average Bonchev–Trinajstić information content (AvgIpc) is 3.85. The third-order valence-electron chi connectivity index (χ3n) is 10.5. The molecular weight excluding hydrogens is 687 g/mol.